The molecule has 0 aromatic heterocycles. The number of carbonyl (C=O) groups is 2. The topological polar surface area (TPSA) is 89.5 Å². The maximum Gasteiger partial charge on any atom is 0.324 e. The molecule has 2 aromatic rings. The molecule has 0 aliphatic heterocycles. The zero-order valence-electron chi connectivity index (χ0n) is 13.3. The number of carbonyl (C=O) groups excluding carboxylic acids is 2. The lowest BCUT2D eigenvalue weighted by molar-refractivity contribution is -0.144. The van der Waals surface area contributed by atoms with Crippen molar-refractivity contribution >= 4 is 33.4 Å². The van der Waals surface area contributed by atoms with Crippen LogP contribution < -0.4 is 4.72 Å². The average molecular weight is 382 g/mol. The fourth-order valence-electron chi connectivity index (χ4n) is 1.93. The molecule has 0 fully saturated rings. The second-order valence-electron chi connectivity index (χ2n) is 5.19. The highest BCUT2D eigenvalue weighted by molar-refractivity contribution is 7.89. The van der Waals surface area contributed by atoms with Crippen molar-refractivity contribution in [1.29, 1.82) is 0 Å². The molecule has 1 N–H and O–H groups in total. The molecule has 25 heavy (non-hydrogen) atoms. The summed E-state index contributed by atoms with van der Waals surface area (Å²) >= 11 is 5.72. The maximum atomic E-state index is 12.2. The van der Waals surface area contributed by atoms with Crippen LogP contribution in [0.2, 0.25) is 5.02 Å². The Labute approximate surface area is 150 Å². The van der Waals surface area contributed by atoms with Gasteiger partial charge in [0.05, 0.1) is 4.90 Å². The molecule has 0 amide bonds. The SMILES string of the molecule is CC(NS(=O)(=O)c1ccc(Cl)cc1)C(=O)OCC(=O)c1ccccc1. The summed E-state index contributed by atoms with van der Waals surface area (Å²) in [5, 5.41) is 0.394. The number of benzene rings is 2. The highest BCUT2D eigenvalue weighted by Gasteiger charge is 2.23. The average Bonchev–Trinajstić information content (AvgIpc) is 2.60. The van der Waals surface area contributed by atoms with Crippen LogP contribution in [0.1, 0.15) is 17.3 Å². The van der Waals surface area contributed by atoms with E-state index >= 15 is 0 Å². The van der Waals surface area contributed by atoms with Gasteiger partial charge in [0.2, 0.25) is 10.0 Å². The third-order valence-electron chi connectivity index (χ3n) is 3.25. The first-order chi connectivity index (χ1) is 11.8. The molecule has 0 aliphatic rings. The molecular formula is C17H16ClNO5S. The molecule has 2 rings (SSSR count). The van der Waals surface area contributed by atoms with E-state index in [1.807, 2.05) is 0 Å². The number of Topliss-reactive ketones (excluding diaryl/α,β-unsaturated/α-hetero) is 1. The van der Waals surface area contributed by atoms with E-state index in [9.17, 15) is 18.0 Å². The van der Waals surface area contributed by atoms with Gasteiger partial charge in [-0.05, 0) is 31.2 Å². The van der Waals surface area contributed by atoms with E-state index in [4.69, 9.17) is 16.3 Å². The van der Waals surface area contributed by atoms with Crippen molar-refractivity contribution in [2.24, 2.45) is 0 Å². The minimum atomic E-state index is -3.91. The third-order valence-corrected chi connectivity index (χ3v) is 5.06. The first kappa shape index (κ1) is 19.1. The van der Waals surface area contributed by atoms with Gasteiger partial charge in [0.25, 0.3) is 0 Å². The number of ether oxygens (including phenoxy) is 1. The fourth-order valence-corrected chi connectivity index (χ4v) is 3.25. The van der Waals surface area contributed by atoms with Crippen LogP contribution in [0.5, 0.6) is 0 Å². The van der Waals surface area contributed by atoms with Crippen molar-refractivity contribution < 1.29 is 22.7 Å². The van der Waals surface area contributed by atoms with Gasteiger partial charge < -0.3 is 4.74 Å². The first-order valence-corrected chi connectivity index (χ1v) is 9.18. The molecule has 132 valence electrons. The van der Waals surface area contributed by atoms with Gasteiger partial charge in [0, 0.05) is 10.6 Å². The van der Waals surface area contributed by atoms with Crippen LogP contribution >= 0.6 is 11.6 Å². The molecule has 6 nitrogen and oxygen atoms in total. The van der Waals surface area contributed by atoms with Gasteiger partial charge in [-0.2, -0.15) is 4.72 Å². The van der Waals surface area contributed by atoms with E-state index in [0.717, 1.165) is 0 Å². The minimum Gasteiger partial charge on any atom is -0.456 e. The summed E-state index contributed by atoms with van der Waals surface area (Å²) in [5.41, 5.74) is 0.407. The zero-order valence-corrected chi connectivity index (χ0v) is 14.9. The number of rotatable bonds is 7. The summed E-state index contributed by atoms with van der Waals surface area (Å²) < 4.78 is 31.5. The molecule has 0 saturated heterocycles. The molecular weight excluding hydrogens is 366 g/mol. The lowest BCUT2D eigenvalue weighted by Crippen LogP contribution is -2.40. The van der Waals surface area contributed by atoms with Crippen molar-refractivity contribution in [2.45, 2.75) is 17.9 Å². The van der Waals surface area contributed by atoms with Gasteiger partial charge in [-0.1, -0.05) is 41.9 Å². The summed E-state index contributed by atoms with van der Waals surface area (Å²) in [7, 11) is -3.91. The standard InChI is InChI=1S/C17H16ClNO5S/c1-12(19-25(22,23)15-9-7-14(18)8-10-15)17(21)24-11-16(20)13-5-3-2-4-6-13/h2-10,12,19H,11H2,1H3. The molecule has 0 spiro atoms. The van der Waals surface area contributed by atoms with Gasteiger partial charge >= 0.3 is 5.97 Å². The van der Waals surface area contributed by atoms with Crippen molar-refractivity contribution in [2.75, 3.05) is 6.61 Å². The van der Waals surface area contributed by atoms with Crippen molar-refractivity contribution in [3.05, 3.63) is 65.2 Å². The maximum absolute atomic E-state index is 12.2. The van der Waals surface area contributed by atoms with Gasteiger partial charge in [0.1, 0.15) is 6.04 Å². The Morgan fingerprint density at radius 3 is 2.28 bits per heavy atom. The fraction of sp³-hybridized carbons (Fsp3) is 0.176. The second kappa shape index (κ2) is 8.24. The quantitative estimate of drug-likeness (QED) is 0.587. The third kappa shape index (κ3) is 5.38. The molecule has 2 aromatic carbocycles. The highest BCUT2D eigenvalue weighted by Crippen LogP contribution is 2.14. The van der Waals surface area contributed by atoms with Crippen LogP contribution in [0.4, 0.5) is 0 Å². The summed E-state index contributed by atoms with van der Waals surface area (Å²) in [4.78, 5) is 23.8. The first-order valence-electron chi connectivity index (χ1n) is 7.32. The molecule has 0 radical (unpaired) electrons. The van der Waals surface area contributed by atoms with Gasteiger partial charge in [0.15, 0.2) is 12.4 Å². The summed E-state index contributed by atoms with van der Waals surface area (Å²) in [6, 6.07) is 12.7. The highest BCUT2D eigenvalue weighted by atomic mass is 35.5. The molecule has 8 heteroatoms. The smallest absolute Gasteiger partial charge is 0.324 e. The van der Waals surface area contributed by atoms with E-state index in [0.29, 0.717) is 10.6 Å². The Morgan fingerprint density at radius 1 is 1.08 bits per heavy atom. The summed E-state index contributed by atoms with van der Waals surface area (Å²) in [6.07, 6.45) is 0. The van der Waals surface area contributed by atoms with E-state index < -0.39 is 28.6 Å². The van der Waals surface area contributed by atoms with E-state index in [-0.39, 0.29) is 10.7 Å². The number of ketones is 1. The van der Waals surface area contributed by atoms with Crippen molar-refractivity contribution in [3.63, 3.8) is 0 Å². The van der Waals surface area contributed by atoms with Gasteiger partial charge in [-0.25, -0.2) is 8.42 Å². The summed E-state index contributed by atoms with van der Waals surface area (Å²) in [6.45, 7) is 0.874. The Balaban J connectivity index is 1.93. The number of esters is 1. The molecule has 0 saturated carbocycles. The largest absolute Gasteiger partial charge is 0.456 e. The van der Waals surface area contributed by atoms with Crippen molar-refractivity contribution in [1.82, 2.24) is 4.72 Å². The number of halogens is 1. The van der Waals surface area contributed by atoms with Crippen LogP contribution in [0.25, 0.3) is 0 Å². The number of hydrogen-bond donors (Lipinski definition) is 1. The van der Waals surface area contributed by atoms with Crippen LogP contribution in [-0.4, -0.2) is 32.8 Å². The van der Waals surface area contributed by atoms with Gasteiger partial charge in [-0.15, -0.1) is 0 Å². The molecule has 0 aliphatic carbocycles. The van der Waals surface area contributed by atoms with E-state index in [1.54, 1.807) is 30.3 Å². The predicted octanol–water partition coefficient (Wildman–Crippen LogP) is 2.43. The van der Waals surface area contributed by atoms with Crippen molar-refractivity contribution in [3.8, 4) is 0 Å². The molecule has 0 bridgehead atoms. The second-order valence-corrected chi connectivity index (χ2v) is 7.34. The van der Waals surface area contributed by atoms with Crippen LogP contribution in [0.15, 0.2) is 59.5 Å². The Kier molecular flexibility index (Phi) is 6.30. The zero-order chi connectivity index (χ0) is 18.4. The Bertz CT molecular complexity index is 850. The number of hydrogen-bond acceptors (Lipinski definition) is 5. The molecule has 1 atom stereocenters. The lowest BCUT2D eigenvalue weighted by Gasteiger charge is -2.13. The van der Waals surface area contributed by atoms with Gasteiger partial charge in [-0.3, -0.25) is 9.59 Å². The van der Waals surface area contributed by atoms with Crippen LogP contribution in [-0.2, 0) is 19.6 Å². The van der Waals surface area contributed by atoms with Crippen LogP contribution in [0.3, 0.4) is 0 Å². The number of nitrogens with one attached hydrogen (secondary N) is 1. The van der Waals surface area contributed by atoms with E-state index in [2.05, 4.69) is 4.72 Å². The number of sulfonamides is 1. The normalized spacial score (nSPS) is 12.4. The van der Waals surface area contributed by atoms with Crippen LogP contribution in [0, 0.1) is 0 Å². The molecule has 1 unspecified atom stereocenters. The minimum absolute atomic E-state index is 0.0306. The van der Waals surface area contributed by atoms with E-state index in [1.165, 1.54) is 31.2 Å². The predicted molar refractivity (Wildman–Crippen MR) is 93.0 cm³/mol. The lowest BCUT2D eigenvalue weighted by atomic mass is 10.1. The molecule has 0 heterocycles. The summed E-state index contributed by atoms with van der Waals surface area (Å²) in [5.74, 6) is -1.22. The monoisotopic (exact) mass is 381 g/mol. The Morgan fingerprint density at radius 2 is 1.68 bits per heavy atom. The Hall–Kier alpha value is -2.22.